The molecule has 1 fully saturated rings. The van der Waals surface area contributed by atoms with E-state index in [-0.39, 0.29) is 24.1 Å². The Morgan fingerprint density at radius 1 is 1.15 bits per heavy atom. The van der Waals surface area contributed by atoms with Gasteiger partial charge < -0.3 is 14.5 Å². The van der Waals surface area contributed by atoms with Crippen LogP contribution in [0, 0.1) is 0 Å². The van der Waals surface area contributed by atoms with E-state index in [1.54, 1.807) is 27.6 Å². The van der Waals surface area contributed by atoms with E-state index in [1.165, 1.54) is 16.0 Å². The summed E-state index contributed by atoms with van der Waals surface area (Å²) in [5.74, 6) is -0.216. The Hall–Kier alpha value is -3.21. The van der Waals surface area contributed by atoms with E-state index in [0.29, 0.717) is 49.4 Å². The molecule has 3 aromatic rings. The fourth-order valence-corrected chi connectivity index (χ4v) is 4.59. The summed E-state index contributed by atoms with van der Waals surface area (Å²) >= 11 is 1.52. The third-order valence-electron chi connectivity index (χ3n) is 5.52. The number of thiophene rings is 1. The number of ether oxygens (including phenoxy) is 1. The molecule has 0 N–H and O–H groups in total. The summed E-state index contributed by atoms with van der Waals surface area (Å²) in [4.78, 5) is 42.5. The van der Waals surface area contributed by atoms with Gasteiger partial charge in [0.25, 0.3) is 5.56 Å². The van der Waals surface area contributed by atoms with Gasteiger partial charge in [0.1, 0.15) is 17.8 Å². The lowest BCUT2D eigenvalue weighted by Crippen LogP contribution is -2.51. The van der Waals surface area contributed by atoms with Crippen molar-refractivity contribution < 1.29 is 14.3 Å². The number of amides is 2. The molecule has 0 bridgehead atoms. The van der Waals surface area contributed by atoms with Crippen molar-refractivity contribution in [1.29, 1.82) is 0 Å². The van der Waals surface area contributed by atoms with Crippen molar-refractivity contribution in [3.05, 3.63) is 34.1 Å². The highest BCUT2D eigenvalue weighted by Gasteiger charge is 2.27. The Bertz CT molecular complexity index is 1220. The van der Waals surface area contributed by atoms with Crippen LogP contribution in [-0.2, 0) is 21.6 Å². The van der Waals surface area contributed by atoms with Gasteiger partial charge in [-0.25, -0.2) is 9.48 Å². The molecule has 4 rings (SSSR count). The molecular weight excluding hydrogens is 444 g/mol. The SMILES string of the molecule is CCOC(=O)N1CCN(C(=O)Cn2nc(-c3cccs3)c3cnn(C(C)(C)C)c3c2=O)CC1. The van der Waals surface area contributed by atoms with Crippen LogP contribution in [-0.4, -0.2) is 74.1 Å². The second kappa shape index (κ2) is 8.97. The molecule has 11 heteroatoms. The Morgan fingerprint density at radius 2 is 1.85 bits per heavy atom. The molecule has 1 aliphatic rings. The molecule has 1 saturated heterocycles. The van der Waals surface area contributed by atoms with Gasteiger partial charge >= 0.3 is 6.09 Å². The molecule has 0 unspecified atom stereocenters. The lowest BCUT2D eigenvalue weighted by atomic mass is 10.1. The topological polar surface area (TPSA) is 103 Å². The lowest BCUT2D eigenvalue weighted by Gasteiger charge is -2.34. The maximum absolute atomic E-state index is 13.4. The van der Waals surface area contributed by atoms with Crippen LogP contribution in [0.5, 0.6) is 0 Å². The van der Waals surface area contributed by atoms with Gasteiger partial charge in [0.15, 0.2) is 0 Å². The van der Waals surface area contributed by atoms with Crippen LogP contribution in [0.15, 0.2) is 28.5 Å². The minimum atomic E-state index is -0.416. The molecular formula is C22H28N6O4S. The minimum Gasteiger partial charge on any atom is -0.450 e. The fourth-order valence-electron chi connectivity index (χ4n) is 3.86. The average molecular weight is 473 g/mol. The highest BCUT2D eigenvalue weighted by Crippen LogP contribution is 2.30. The normalized spacial score (nSPS) is 14.7. The van der Waals surface area contributed by atoms with Gasteiger partial charge in [-0.1, -0.05) is 6.07 Å². The molecule has 10 nitrogen and oxygen atoms in total. The van der Waals surface area contributed by atoms with Gasteiger partial charge in [0.05, 0.1) is 28.6 Å². The summed E-state index contributed by atoms with van der Waals surface area (Å²) in [5, 5.41) is 11.7. The molecule has 33 heavy (non-hydrogen) atoms. The summed E-state index contributed by atoms with van der Waals surface area (Å²) in [7, 11) is 0. The van der Waals surface area contributed by atoms with Gasteiger partial charge in [-0.3, -0.25) is 14.3 Å². The number of nitrogens with zero attached hydrogens (tertiary/aromatic N) is 6. The van der Waals surface area contributed by atoms with Crippen molar-refractivity contribution in [3.63, 3.8) is 0 Å². The number of aromatic nitrogens is 4. The van der Waals surface area contributed by atoms with Crippen LogP contribution >= 0.6 is 11.3 Å². The first-order valence-corrected chi connectivity index (χ1v) is 11.8. The van der Waals surface area contributed by atoms with E-state index in [2.05, 4.69) is 10.2 Å². The zero-order chi connectivity index (χ0) is 23.8. The predicted octanol–water partition coefficient (Wildman–Crippen LogP) is 2.38. The summed E-state index contributed by atoms with van der Waals surface area (Å²) in [5.41, 5.74) is 0.298. The summed E-state index contributed by atoms with van der Waals surface area (Å²) in [6, 6.07) is 3.86. The summed E-state index contributed by atoms with van der Waals surface area (Å²) < 4.78 is 7.96. The maximum Gasteiger partial charge on any atom is 0.409 e. The van der Waals surface area contributed by atoms with Crippen LogP contribution in [0.2, 0.25) is 0 Å². The van der Waals surface area contributed by atoms with E-state index in [4.69, 9.17) is 4.74 Å². The number of piperazine rings is 1. The number of fused-ring (bicyclic) bond motifs is 1. The quantitative estimate of drug-likeness (QED) is 0.578. The standard InChI is InChI=1S/C22H28N6O4S/c1-5-32-21(31)26-10-8-25(9-11-26)17(29)14-27-20(30)19-15(13-23-28(19)22(2,3)4)18(24-27)16-7-6-12-33-16/h6-7,12-13H,5,8-11,14H2,1-4H3. The Kier molecular flexibility index (Phi) is 6.24. The van der Waals surface area contributed by atoms with Crippen LogP contribution in [0.1, 0.15) is 27.7 Å². The van der Waals surface area contributed by atoms with E-state index in [0.717, 1.165) is 4.88 Å². The number of rotatable bonds is 4. The van der Waals surface area contributed by atoms with E-state index < -0.39 is 5.54 Å². The maximum atomic E-state index is 13.4. The van der Waals surface area contributed by atoms with Crippen LogP contribution < -0.4 is 5.56 Å². The number of carbonyl (C=O) groups is 2. The van der Waals surface area contributed by atoms with Gasteiger partial charge in [-0.05, 0) is 39.1 Å². The molecule has 176 valence electrons. The molecule has 0 aliphatic carbocycles. The number of hydrogen-bond acceptors (Lipinski definition) is 7. The third-order valence-corrected chi connectivity index (χ3v) is 6.39. The smallest absolute Gasteiger partial charge is 0.409 e. The van der Waals surface area contributed by atoms with E-state index in [1.807, 2.05) is 38.3 Å². The fraction of sp³-hybridized carbons (Fsp3) is 0.500. The summed E-state index contributed by atoms with van der Waals surface area (Å²) in [6.07, 6.45) is 1.30. The Morgan fingerprint density at radius 3 is 2.45 bits per heavy atom. The van der Waals surface area contributed by atoms with Crippen LogP contribution in [0.3, 0.4) is 0 Å². The van der Waals surface area contributed by atoms with Crippen LogP contribution in [0.25, 0.3) is 21.5 Å². The first kappa shape index (κ1) is 23.0. The molecule has 0 radical (unpaired) electrons. The van der Waals surface area contributed by atoms with Gasteiger partial charge in [-0.15, -0.1) is 11.3 Å². The molecule has 0 saturated carbocycles. The monoisotopic (exact) mass is 472 g/mol. The van der Waals surface area contributed by atoms with Crippen molar-refractivity contribution in [2.24, 2.45) is 0 Å². The van der Waals surface area contributed by atoms with Gasteiger partial charge in [-0.2, -0.15) is 10.2 Å². The molecule has 0 spiro atoms. The molecule has 2 amide bonds. The molecule has 1 aliphatic heterocycles. The number of hydrogen-bond donors (Lipinski definition) is 0. The van der Waals surface area contributed by atoms with Crippen molar-refractivity contribution in [1.82, 2.24) is 29.4 Å². The van der Waals surface area contributed by atoms with Crippen molar-refractivity contribution >= 4 is 34.2 Å². The molecule has 0 aromatic carbocycles. The van der Waals surface area contributed by atoms with Crippen molar-refractivity contribution in [2.75, 3.05) is 32.8 Å². The highest BCUT2D eigenvalue weighted by atomic mass is 32.1. The first-order chi connectivity index (χ1) is 15.7. The molecule has 0 atom stereocenters. The van der Waals surface area contributed by atoms with E-state index >= 15 is 0 Å². The average Bonchev–Trinajstić information content (AvgIpc) is 3.46. The summed E-state index contributed by atoms with van der Waals surface area (Å²) in [6.45, 7) is 9.36. The predicted molar refractivity (Wildman–Crippen MR) is 125 cm³/mol. The minimum absolute atomic E-state index is 0.179. The van der Waals surface area contributed by atoms with Crippen LogP contribution in [0.4, 0.5) is 4.79 Å². The van der Waals surface area contributed by atoms with Gasteiger partial charge in [0, 0.05) is 26.2 Å². The third kappa shape index (κ3) is 4.50. The first-order valence-electron chi connectivity index (χ1n) is 10.9. The zero-order valence-electron chi connectivity index (χ0n) is 19.3. The lowest BCUT2D eigenvalue weighted by molar-refractivity contribution is -0.133. The molecule has 3 aromatic heterocycles. The second-order valence-electron chi connectivity index (χ2n) is 8.84. The number of carbonyl (C=O) groups excluding carboxylic acids is 2. The van der Waals surface area contributed by atoms with E-state index in [9.17, 15) is 14.4 Å². The Labute approximate surface area is 195 Å². The Balaban J connectivity index is 1.64. The van der Waals surface area contributed by atoms with Crippen molar-refractivity contribution in [2.45, 2.75) is 39.8 Å². The molecule has 4 heterocycles. The highest BCUT2D eigenvalue weighted by molar-refractivity contribution is 7.13. The van der Waals surface area contributed by atoms with Crippen molar-refractivity contribution in [3.8, 4) is 10.6 Å². The zero-order valence-corrected chi connectivity index (χ0v) is 20.1. The van der Waals surface area contributed by atoms with Gasteiger partial charge in [0.2, 0.25) is 5.91 Å². The second-order valence-corrected chi connectivity index (χ2v) is 9.79. The largest absolute Gasteiger partial charge is 0.450 e.